The third-order valence-corrected chi connectivity index (χ3v) is 5.31. The van der Waals surface area contributed by atoms with Crippen LogP contribution in [0.15, 0.2) is 35.4 Å². The molecule has 1 saturated heterocycles. The number of carbonyl (C=O) groups excluding carboxylic acids is 2. The summed E-state index contributed by atoms with van der Waals surface area (Å²) in [5.41, 5.74) is 5.82. The van der Waals surface area contributed by atoms with Gasteiger partial charge in [0.15, 0.2) is 0 Å². The molecule has 3 rings (SSSR count). The molecular weight excluding hydrogens is 346 g/mol. The molecule has 9 heteroatoms. The number of nitrogens with zero attached hydrogens (tertiary/aromatic N) is 1. The SMILES string of the molecule is [2H]c1c([2H])c([C@H](N)C(=O)N[C@@H]2C(=O)N3C(C(=O)O)=C(C)CS[C@H]23)c([2H])c([2H])c1O. The average molecular weight is 367 g/mol. The Morgan fingerprint density at radius 1 is 1.44 bits per heavy atom. The minimum absolute atomic E-state index is 0.119. The summed E-state index contributed by atoms with van der Waals surface area (Å²) in [7, 11) is 0. The van der Waals surface area contributed by atoms with Gasteiger partial charge in [-0.25, -0.2) is 4.79 Å². The molecule has 0 saturated carbocycles. The van der Waals surface area contributed by atoms with Gasteiger partial charge in [0.25, 0.3) is 5.91 Å². The first-order valence-corrected chi connectivity index (χ1v) is 8.26. The molecule has 1 fully saturated rings. The molecule has 132 valence electrons. The van der Waals surface area contributed by atoms with Gasteiger partial charge in [0.05, 0.1) is 5.48 Å². The van der Waals surface area contributed by atoms with E-state index in [-0.39, 0.29) is 5.70 Å². The van der Waals surface area contributed by atoms with Crippen molar-refractivity contribution in [2.24, 2.45) is 5.73 Å². The zero-order chi connectivity index (χ0) is 21.8. The van der Waals surface area contributed by atoms with Crippen LogP contribution < -0.4 is 11.1 Å². The van der Waals surface area contributed by atoms with Crippen LogP contribution in [-0.4, -0.2) is 50.1 Å². The van der Waals surface area contributed by atoms with Gasteiger partial charge in [-0.1, -0.05) is 12.1 Å². The largest absolute Gasteiger partial charge is 0.508 e. The van der Waals surface area contributed by atoms with Gasteiger partial charge in [0.1, 0.15) is 28.9 Å². The lowest BCUT2D eigenvalue weighted by Gasteiger charge is -2.49. The number of carboxylic acid groups (broad SMARTS) is 1. The lowest BCUT2D eigenvalue weighted by Crippen LogP contribution is -2.71. The highest BCUT2D eigenvalue weighted by molar-refractivity contribution is 8.00. The number of rotatable bonds is 4. The molecule has 1 aromatic rings. The van der Waals surface area contributed by atoms with Crippen LogP contribution >= 0.6 is 11.8 Å². The second-order valence-electron chi connectivity index (χ2n) is 5.57. The predicted octanol–water partition coefficient (Wildman–Crippen LogP) is 0.150. The number of nitrogens with two attached hydrogens (primary N) is 1. The van der Waals surface area contributed by atoms with Gasteiger partial charge in [-0.05, 0) is 30.1 Å². The molecule has 3 atom stereocenters. The summed E-state index contributed by atoms with van der Waals surface area (Å²) in [6.45, 7) is 1.61. The predicted molar refractivity (Wildman–Crippen MR) is 90.4 cm³/mol. The summed E-state index contributed by atoms with van der Waals surface area (Å²) in [5.74, 6) is -3.27. The minimum Gasteiger partial charge on any atom is -0.508 e. The molecule has 8 nitrogen and oxygen atoms in total. The Balaban J connectivity index is 1.83. The number of benzene rings is 1. The van der Waals surface area contributed by atoms with E-state index >= 15 is 0 Å². The highest BCUT2D eigenvalue weighted by Gasteiger charge is 2.53. The standard InChI is InChI=1S/C16H17N3O5S/c1-7-6-25-15-11(14(22)19(15)12(7)16(23)24)18-13(21)10(17)8-2-4-9(20)5-3-8/h2-5,10-11,15,20H,6,17H2,1H3,(H,18,21)(H,23,24)/t10-,11+,15+/m0/s1/i2D,3D,4D,5D. The minimum atomic E-state index is -1.63. The van der Waals surface area contributed by atoms with Gasteiger partial charge in [-0.2, -0.15) is 0 Å². The molecule has 2 heterocycles. The van der Waals surface area contributed by atoms with E-state index in [0.29, 0.717) is 11.3 Å². The molecule has 2 aliphatic rings. The Hall–Kier alpha value is -2.52. The number of fused-ring (bicyclic) bond motifs is 1. The topological polar surface area (TPSA) is 133 Å². The number of nitrogens with one attached hydrogen (secondary N) is 1. The monoisotopic (exact) mass is 367 g/mol. The van der Waals surface area contributed by atoms with Gasteiger partial charge in [-0.15, -0.1) is 11.8 Å². The highest BCUT2D eigenvalue weighted by Crippen LogP contribution is 2.40. The number of hydrogen-bond acceptors (Lipinski definition) is 6. The summed E-state index contributed by atoms with van der Waals surface area (Å²) in [6.07, 6.45) is 0. The van der Waals surface area contributed by atoms with Crippen molar-refractivity contribution in [2.75, 3.05) is 5.75 Å². The fourth-order valence-corrected chi connectivity index (χ4v) is 3.91. The van der Waals surface area contributed by atoms with E-state index in [1.54, 1.807) is 6.92 Å². The van der Waals surface area contributed by atoms with Crippen LogP contribution in [0.4, 0.5) is 0 Å². The molecule has 2 amide bonds. The van der Waals surface area contributed by atoms with Crippen molar-refractivity contribution in [2.45, 2.75) is 24.4 Å². The van der Waals surface area contributed by atoms with E-state index in [4.69, 9.17) is 11.2 Å². The number of phenolic OH excluding ortho intramolecular Hbond substituents is 1. The highest BCUT2D eigenvalue weighted by atomic mass is 32.2. The molecule has 0 aliphatic carbocycles. The van der Waals surface area contributed by atoms with Gasteiger partial charge >= 0.3 is 5.97 Å². The molecule has 0 spiro atoms. The average Bonchev–Trinajstić information content (AvgIpc) is 2.68. The van der Waals surface area contributed by atoms with Crippen LogP contribution in [0.2, 0.25) is 0 Å². The van der Waals surface area contributed by atoms with Crippen LogP contribution in [0.3, 0.4) is 0 Å². The summed E-state index contributed by atoms with van der Waals surface area (Å²) < 4.78 is 31.0. The summed E-state index contributed by atoms with van der Waals surface area (Å²) in [6, 6.07) is -5.45. The zero-order valence-corrected chi connectivity index (χ0v) is 13.8. The summed E-state index contributed by atoms with van der Waals surface area (Å²) >= 11 is 1.28. The quantitative estimate of drug-likeness (QED) is 0.557. The molecule has 0 unspecified atom stereocenters. The maximum absolute atomic E-state index is 12.6. The molecule has 1 aromatic carbocycles. The number of phenols is 1. The lowest BCUT2D eigenvalue weighted by molar-refractivity contribution is -0.150. The van der Waals surface area contributed by atoms with Gasteiger partial charge in [-0.3, -0.25) is 14.5 Å². The summed E-state index contributed by atoms with van der Waals surface area (Å²) in [5, 5.41) is 20.7. The molecule has 2 aliphatic heterocycles. The van der Waals surface area contributed by atoms with E-state index in [1.807, 2.05) is 0 Å². The van der Waals surface area contributed by atoms with Crippen LogP contribution in [0, 0.1) is 0 Å². The molecule has 5 N–H and O–H groups in total. The lowest BCUT2D eigenvalue weighted by atomic mass is 10.0. The maximum Gasteiger partial charge on any atom is 0.352 e. The Bertz CT molecular complexity index is 957. The first-order valence-electron chi connectivity index (χ1n) is 9.21. The van der Waals surface area contributed by atoms with Gasteiger partial charge in [0.2, 0.25) is 5.91 Å². The van der Waals surface area contributed by atoms with E-state index in [9.17, 15) is 24.6 Å². The van der Waals surface area contributed by atoms with Crippen molar-refractivity contribution in [3.63, 3.8) is 0 Å². The smallest absolute Gasteiger partial charge is 0.352 e. The van der Waals surface area contributed by atoms with Crippen molar-refractivity contribution >= 4 is 29.5 Å². The van der Waals surface area contributed by atoms with Crippen molar-refractivity contribution in [3.05, 3.63) is 41.0 Å². The van der Waals surface area contributed by atoms with Gasteiger partial charge < -0.3 is 21.3 Å². The normalized spacial score (nSPS) is 25.8. The second kappa shape index (κ2) is 6.41. The van der Waals surface area contributed by atoms with E-state index in [2.05, 4.69) is 5.32 Å². The number of amides is 2. The van der Waals surface area contributed by atoms with Crippen molar-refractivity contribution in [1.82, 2.24) is 10.2 Å². The third-order valence-electron chi connectivity index (χ3n) is 3.88. The Labute approximate surface area is 153 Å². The first-order chi connectivity index (χ1) is 13.5. The van der Waals surface area contributed by atoms with Crippen LogP contribution in [0.5, 0.6) is 5.75 Å². The Morgan fingerprint density at radius 2 is 2.08 bits per heavy atom. The Morgan fingerprint density at radius 3 is 2.68 bits per heavy atom. The second-order valence-corrected chi connectivity index (χ2v) is 6.68. The number of carboxylic acids is 1. The van der Waals surface area contributed by atoms with Gasteiger partial charge in [0, 0.05) is 5.75 Å². The fourth-order valence-electron chi connectivity index (χ4n) is 2.62. The van der Waals surface area contributed by atoms with E-state index in [1.165, 1.54) is 11.8 Å². The molecule has 0 radical (unpaired) electrons. The third kappa shape index (κ3) is 2.96. The number of aliphatic carboxylic acids is 1. The first kappa shape index (κ1) is 12.8. The molecule has 0 aromatic heterocycles. The number of thioether (sulfide) groups is 1. The molecule has 25 heavy (non-hydrogen) atoms. The van der Waals surface area contributed by atoms with Crippen molar-refractivity contribution in [3.8, 4) is 5.75 Å². The van der Waals surface area contributed by atoms with Crippen LogP contribution in [0.1, 0.15) is 24.0 Å². The number of aromatic hydroxyl groups is 1. The van der Waals surface area contributed by atoms with E-state index < -0.39 is 70.7 Å². The zero-order valence-electron chi connectivity index (χ0n) is 17.0. The molecular formula is C16H17N3O5S. The Kier molecular flexibility index (Phi) is 3.28. The number of β-lactam (4-membered cyclic amide) rings is 1. The van der Waals surface area contributed by atoms with Crippen molar-refractivity contribution < 1.29 is 30.1 Å². The van der Waals surface area contributed by atoms with Crippen molar-refractivity contribution in [1.29, 1.82) is 0 Å². The number of carbonyl (C=O) groups is 3. The summed E-state index contributed by atoms with van der Waals surface area (Å²) in [4.78, 5) is 37.5. The fraction of sp³-hybridized carbons (Fsp3) is 0.312. The van der Waals surface area contributed by atoms with Crippen LogP contribution in [0.25, 0.3) is 0 Å². The molecule has 0 bridgehead atoms. The van der Waals surface area contributed by atoms with E-state index in [0.717, 1.165) is 4.90 Å². The number of hydrogen-bond donors (Lipinski definition) is 4. The van der Waals surface area contributed by atoms with Crippen LogP contribution in [-0.2, 0) is 14.4 Å². The maximum atomic E-state index is 12.6.